The molecule has 3 aromatic rings. The summed E-state index contributed by atoms with van der Waals surface area (Å²) >= 11 is 0. The third kappa shape index (κ3) is 5.87. The van der Waals surface area contributed by atoms with Crippen LogP contribution in [0, 0.1) is 5.92 Å². The predicted molar refractivity (Wildman–Crippen MR) is 110 cm³/mol. The van der Waals surface area contributed by atoms with E-state index < -0.39 is 6.10 Å². The van der Waals surface area contributed by atoms with Crippen LogP contribution in [0.1, 0.15) is 11.7 Å². The smallest absolute Gasteiger partial charge is 0.319 e. The molecular formula is C21H25N5O3. The van der Waals surface area contributed by atoms with Crippen molar-refractivity contribution in [3.05, 3.63) is 66.6 Å². The second-order valence-electron chi connectivity index (χ2n) is 7.04. The lowest BCUT2D eigenvalue weighted by molar-refractivity contribution is 0.0911. The number of nitrogens with one attached hydrogen (secondary N) is 2. The standard InChI is InChI=1S/C21H25N5O3/c1-26(2)13-17(19(27)15-7-4-3-5-8-15)12-22-21(28)24-18-10-6-9-16(11-18)20-25-23-14-29-20/h3-11,14,17,19,27H,12-13H2,1-2H3,(H2,22,24,28)/t17-,19+/m0/s1. The van der Waals surface area contributed by atoms with Crippen molar-refractivity contribution in [1.82, 2.24) is 20.4 Å². The van der Waals surface area contributed by atoms with Crippen molar-refractivity contribution < 1.29 is 14.3 Å². The number of anilines is 1. The number of hydrogen-bond donors (Lipinski definition) is 3. The number of aliphatic hydroxyl groups is 1. The first-order chi connectivity index (χ1) is 14.0. The second-order valence-corrected chi connectivity index (χ2v) is 7.04. The van der Waals surface area contributed by atoms with Crippen molar-refractivity contribution in [1.29, 1.82) is 0 Å². The van der Waals surface area contributed by atoms with Crippen LogP contribution < -0.4 is 10.6 Å². The van der Waals surface area contributed by atoms with Gasteiger partial charge in [0, 0.05) is 30.3 Å². The van der Waals surface area contributed by atoms with Gasteiger partial charge >= 0.3 is 6.03 Å². The minimum absolute atomic E-state index is 0.164. The van der Waals surface area contributed by atoms with Crippen LogP contribution in [0.4, 0.5) is 10.5 Å². The molecule has 0 fully saturated rings. The fourth-order valence-electron chi connectivity index (χ4n) is 3.10. The van der Waals surface area contributed by atoms with Crippen LogP contribution in [0.15, 0.2) is 65.4 Å². The number of benzene rings is 2. The van der Waals surface area contributed by atoms with Gasteiger partial charge in [0.05, 0.1) is 6.10 Å². The molecule has 0 aliphatic rings. The molecule has 2 amide bonds. The van der Waals surface area contributed by atoms with Gasteiger partial charge in [-0.25, -0.2) is 4.79 Å². The number of nitrogens with zero attached hydrogens (tertiary/aromatic N) is 3. The molecule has 8 heteroatoms. The number of hydrogen-bond acceptors (Lipinski definition) is 6. The highest BCUT2D eigenvalue weighted by Crippen LogP contribution is 2.23. The summed E-state index contributed by atoms with van der Waals surface area (Å²) in [5, 5.41) is 23.9. The van der Waals surface area contributed by atoms with E-state index in [4.69, 9.17) is 4.42 Å². The number of carbonyl (C=O) groups excluding carboxylic acids is 1. The largest absolute Gasteiger partial charge is 0.423 e. The van der Waals surface area contributed by atoms with E-state index in [1.165, 1.54) is 6.39 Å². The fourth-order valence-corrected chi connectivity index (χ4v) is 3.10. The van der Waals surface area contributed by atoms with Crippen LogP contribution in [0.25, 0.3) is 11.5 Å². The zero-order chi connectivity index (χ0) is 20.6. The lowest BCUT2D eigenvalue weighted by Crippen LogP contribution is -2.39. The Morgan fingerprint density at radius 3 is 2.66 bits per heavy atom. The van der Waals surface area contributed by atoms with E-state index in [2.05, 4.69) is 20.8 Å². The van der Waals surface area contributed by atoms with Crippen molar-refractivity contribution in [2.75, 3.05) is 32.5 Å². The van der Waals surface area contributed by atoms with Crippen molar-refractivity contribution in [2.45, 2.75) is 6.10 Å². The van der Waals surface area contributed by atoms with E-state index in [-0.39, 0.29) is 11.9 Å². The molecule has 0 spiro atoms. The maximum absolute atomic E-state index is 12.4. The van der Waals surface area contributed by atoms with Crippen LogP contribution >= 0.6 is 0 Å². The fraction of sp³-hybridized carbons (Fsp3) is 0.286. The Morgan fingerprint density at radius 1 is 1.17 bits per heavy atom. The van der Waals surface area contributed by atoms with Gasteiger partial charge < -0.3 is 25.1 Å². The van der Waals surface area contributed by atoms with E-state index in [1.54, 1.807) is 18.2 Å². The molecular weight excluding hydrogens is 370 g/mol. The molecule has 0 aliphatic heterocycles. The molecule has 8 nitrogen and oxygen atoms in total. The number of aromatic nitrogens is 2. The topological polar surface area (TPSA) is 104 Å². The van der Waals surface area contributed by atoms with Crippen molar-refractivity contribution >= 4 is 11.7 Å². The Morgan fingerprint density at radius 2 is 1.97 bits per heavy atom. The average Bonchev–Trinajstić information content (AvgIpc) is 3.26. The number of rotatable bonds is 8. The summed E-state index contributed by atoms with van der Waals surface area (Å²) in [5.41, 5.74) is 2.14. The van der Waals surface area contributed by atoms with Crippen LogP contribution in [0.5, 0.6) is 0 Å². The molecule has 0 bridgehead atoms. The molecule has 0 saturated carbocycles. The molecule has 0 unspecified atom stereocenters. The average molecular weight is 395 g/mol. The van der Waals surface area contributed by atoms with Crippen LogP contribution in [-0.4, -0.2) is 53.4 Å². The Bertz CT molecular complexity index is 900. The molecule has 0 aliphatic carbocycles. The number of carbonyl (C=O) groups is 1. The Balaban J connectivity index is 1.61. The maximum atomic E-state index is 12.4. The lowest BCUT2D eigenvalue weighted by atomic mass is 9.95. The van der Waals surface area contributed by atoms with Gasteiger partial charge in [-0.05, 0) is 37.9 Å². The SMILES string of the molecule is CN(C)C[C@H](CNC(=O)Nc1cccc(-c2nnco2)c1)[C@H](O)c1ccccc1. The Labute approximate surface area is 169 Å². The molecule has 3 rings (SSSR count). The summed E-state index contributed by atoms with van der Waals surface area (Å²) < 4.78 is 5.18. The molecule has 0 saturated heterocycles. The molecule has 0 radical (unpaired) electrons. The second kappa shape index (κ2) is 9.81. The molecule has 2 atom stereocenters. The third-order valence-electron chi connectivity index (χ3n) is 4.44. The van der Waals surface area contributed by atoms with Gasteiger partial charge in [-0.15, -0.1) is 10.2 Å². The van der Waals surface area contributed by atoms with Crippen LogP contribution in [0.3, 0.4) is 0 Å². The van der Waals surface area contributed by atoms with Gasteiger partial charge in [-0.1, -0.05) is 36.4 Å². The van der Waals surface area contributed by atoms with E-state index in [9.17, 15) is 9.90 Å². The van der Waals surface area contributed by atoms with Gasteiger partial charge in [0.2, 0.25) is 12.3 Å². The molecule has 1 heterocycles. The lowest BCUT2D eigenvalue weighted by Gasteiger charge is -2.26. The third-order valence-corrected chi connectivity index (χ3v) is 4.44. The highest BCUT2D eigenvalue weighted by Gasteiger charge is 2.22. The van der Waals surface area contributed by atoms with E-state index in [1.807, 2.05) is 55.4 Å². The summed E-state index contributed by atoms with van der Waals surface area (Å²) in [6.07, 6.45) is 0.574. The zero-order valence-corrected chi connectivity index (χ0v) is 16.4. The van der Waals surface area contributed by atoms with Crippen LogP contribution in [0.2, 0.25) is 0 Å². The quantitative estimate of drug-likeness (QED) is 0.542. The van der Waals surface area contributed by atoms with Gasteiger partial charge in [-0.3, -0.25) is 0 Å². The van der Waals surface area contributed by atoms with Crippen molar-refractivity contribution in [3.63, 3.8) is 0 Å². The number of urea groups is 1. The molecule has 29 heavy (non-hydrogen) atoms. The number of aliphatic hydroxyl groups excluding tert-OH is 1. The Kier molecular flexibility index (Phi) is 6.94. The predicted octanol–water partition coefficient (Wildman–Crippen LogP) is 2.77. The van der Waals surface area contributed by atoms with Gasteiger partial charge in [0.1, 0.15) is 0 Å². The van der Waals surface area contributed by atoms with Crippen LogP contribution in [-0.2, 0) is 0 Å². The Hall–Kier alpha value is -3.23. The molecule has 3 N–H and O–H groups in total. The minimum atomic E-state index is -0.681. The normalized spacial score (nSPS) is 13.1. The van der Waals surface area contributed by atoms with Gasteiger partial charge in [-0.2, -0.15) is 0 Å². The maximum Gasteiger partial charge on any atom is 0.319 e. The highest BCUT2D eigenvalue weighted by molar-refractivity contribution is 5.89. The molecule has 152 valence electrons. The molecule has 1 aromatic heterocycles. The van der Waals surface area contributed by atoms with Crippen molar-refractivity contribution in [3.8, 4) is 11.5 Å². The zero-order valence-electron chi connectivity index (χ0n) is 16.4. The summed E-state index contributed by atoms with van der Waals surface area (Å²) in [6, 6.07) is 16.3. The first kappa shape index (κ1) is 20.5. The summed E-state index contributed by atoms with van der Waals surface area (Å²) in [5.74, 6) is 0.217. The first-order valence-electron chi connectivity index (χ1n) is 9.32. The summed E-state index contributed by atoms with van der Waals surface area (Å²) in [7, 11) is 3.88. The van der Waals surface area contributed by atoms with Crippen molar-refractivity contribution in [2.24, 2.45) is 5.92 Å². The number of amides is 2. The summed E-state index contributed by atoms with van der Waals surface area (Å²) in [6.45, 7) is 0.951. The van der Waals surface area contributed by atoms with E-state index in [0.717, 1.165) is 5.56 Å². The monoisotopic (exact) mass is 395 g/mol. The van der Waals surface area contributed by atoms with Gasteiger partial charge in [0.15, 0.2) is 0 Å². The van der Waals surface area contributed by atoms with E-state index in [0.29, 0.717) is 30.2 Å². The highest BCUT2D eigenvalue weighted by atomic mass is 16.4. The van der Waals surface area contributed by atoms with Gasteiger partial charge in [0.25, 0.3) is 0 Å². The van der Waals surface area contributed by atoms with E-state index >= 15 is 0 Å². The summed E-state index contributed by atoms with van der Waals surface area (Å²) in [4.78, 5) is 14.4. The minimum Gasteiger partial charge on any atom is -0.423 e. The first-order valence-corrected chi connectivity index (χ1v) is 9.32. The molecule has 2 aromatic carbocycles.